The molecule has 4 aromatic rings. The number of nitrogens with one attached hydrogen (secondary N) is 2. The van der Waals surface area contributed by atoms with Gasteiger partial charge in [0.1, 0.15) is 17.0 Å². The molecule has 0 fully saturated rings. The highest BCUT2D eigenvalue weighted by Gasteiger charge is 2.30. The van der Waals surface area contributed by atoms with Crippen LogP contribution in [0.5, 0.6) is 17.2 Å². The number of aromatic nitrogens is 2. The standard InChI is InChI=1S/C26H22F3N5O5/c1-37-19-11-15(12-20(38-2)22(19)39-3)24(35)33-30-14-18-23(32-21-9-4-5-10-34(21)25(18)36)31-17-8-6-7-16(13-17)26(27,28)29/h4-14,31H,1-3H3,(H,33,35)/b30-14-. The van der Waals surface area contributed by atoms with Crippen LogP contribution < -0.4 is 30.5 Å². The zero-order valence-corrected chi connectivity index (χ0v) is 20.9. The van der Waals surface area contributed by atoms with Crippen molar-refractivity contribution in [2.75, 3.05) is 26.6 Å². The quantitative estimate of drug-likeness (QED) is 0.253. The van der Waals surface area contributed by atoms with E-state index in [9.17, 15) is 22.8 Å². The number of anilines is 2. The number of fused-ring (bicyclic) bond motifs is 1. The van der Waals surface area contributed by atoms with E-state index in [2.05, 4.69) is 20.8 Å². The molecule has 2 aromatic carbocycles. The van der Waals surface area contributed by atoms with Gasteiger partial charge in [-0.15, -0.1) is 0 Å². The monoisotopic (exact) mass is 541 g/mol. The van der Waals surface area contributed by atoms with E-state index in [-0.39, 0.29) is 39.8 Å². The van der Waals surface area contributed by atoms with E-state index < -0.39 is 23.2 Å². The lowest BCUT2D eigenvalue weighted by molar-refractivity contribution is -0.137. The Morgan fingerprint density at radius 3 is 2.36 bits per heavy atom. The van der Waals surface area contributed by atoms with Crippen molar-refractivity contribution in [1.29, 1.82) is 0 Å². The second-order valence-electron chi connectivity index (χ2n) is 7.92. The summed E-state index contributed by atoms with van der Waals surface area (Å²) in [6.45, 7) is 0. The molecule has 0 radical (unpaired) electrons. The highest BCUT2D eigenvalue weighted by atomic mass is 19.4. The Morgan fingerprint density at radius 2 is 1.72 bits per heavy atom. The normalized spacial score (nSPS) is 11.4. The van der Waals surface area contributed by atoms with Gasteiger partial charge in [0.05, 0.1) is 33.1 Å². The van der Waals surface area contributed by atoms with Gasteiger partial charge < -0.3 is 19.5 Å². The van der Waals surface area contributed by atoms with Gasteiger partial charge in [0.15, 0.2) is 11.5 Å². The predicted octanol–water partition coefficient (Wildman–Crippen LogP) is 4.25. The lowest BCUT2D eigenvalue weighted by Gasteiger charge is -2.13. The van der Waals surface area contributed by atoms with Crippen molar-refractivity contribution >= 4 is 29.3 Å². The fraction of sp³-hybridized carbons (Fsp3) is 0.154. The Labute approximate surface area is 219 Å². The van der Waals surface area contributed by atoms with Crippen molar-refractivity contribution in [3.8, 4) is 17.2 Å². The summed E-state index contributed by atoms with van der Waals surface area (Å²) in [7, 11) is 4.22. The zero-order valence-electron chi connectivity index (χ0n) is 20.9. The summed E-state index contributed by atoms with van der Waals surface area (Å²) in [5, 5.41) is 6.64. The van der Waals surface area contributed by atoms with Gasteiger partial charge >= 0.3 is 6.18 Å². The molecule has 13 heteroatoms. The number of ether oxygens (including phenoxy) is 3. The number of pyridine rings is 1. The number of benzene rings is 2. The molecule has 0 aliphatic rings. The number of carbonyl (C=O) groups is 1. The van der Waals surface area contributed by atoms with Crippen molar-refractivity contribution in [2.24, 2.45) is 5.10 Å². The molecule has 0 bridgehead atoms. The van der Waals surface area contributed by atoms with E-state index in [0.717, 1.165) is 18.3 Å². The summed E-state index contributed by atoms with van der Waals surface area (Å²) < 4.78 is 56.6. The topological polar surface area (TPSA) is 116 Å². The molecule has 0 unspecified atom stereocenters. The van der Waals surface area contributed by atoms with Crippen LogP contribution in [0.3, 0.4) is 0 Å². The van der Waals surface area contributed by atoms with E-state index in [1.54, 1.807) is 18.2 Å². The smallest absolute Gasteiger partial charge is 0.416 e. The number of halogens is 3. The molecule has 0 saturated heterocycles. The molecular formula is C26H22F3N5O5. The maximum absolute atomic E-state index is 13.2. The SMILES string of the molecule is COc1cc(C(=O)N/N=C\c2c(Nc3cccc(C(F)(F)F)c3)nc3ccccn3c2=O)cc(OC)c1OC. The van der Waals surface area contributed by atoms with Gasteiger partial charge in [0.2, 0.25) is 5.75 Å². The lowest BCUT2D eigenvalue weighted by atomic mass is 10.1. The number of nitrogens with zero attached hydrogens (tertiary/aromatic N) is 3. The van der Waals surface area contributed by atoms with Crippen LogP contribution in [0.4, 0.5) is 24.7 Å². The summed E-state index contributed by atoms with van der Waals surface area (Å²) in [5.41, 5.74) is 1.17. The first-order chi connectivity index (χ1) is 18.7. The fourth-order valence-electron chi connectivity index (χ4n) is 3.66. The third-order valence-electron chi connectivity index (χ3n) is 5.51. The number of hydrazone groups is 1. The molecule has 2 N–H and O–H groups in total. The third-order valence-corrected chi connectivity index (χ3v) is 5.51. The van der Waals surface area contributed by atoms with Crippen LogP contribution >= 0.6 is 0 Å². The molecule has 0 saturated carbocycles. The first kappa shape index (κ1) is 27.0. The largest absolute Gasteiger partial charge is 0.493 e. The van der Waals surface area contributed by atoms with Gasteiger partial charge in [-0.05, 0) is 42.5 Å². The van der Waals surface area contributed by atoms with E-state index >= 15 is 0 Å². The predicted molar refractivity (Wildman–Crippen MR) is 137 cm³/mol. The van der Waals surface area contributed by atoms with Crippen LogP contribution in [-0.2, 0) is 6.18 Å². The highest BCUT2D eigenvalue weighted by Crippen LogP contribution is 2.38. The summed E-state index contributed by atoms with van der Waals surface area (Å²) in [4.78, 5) is 30.3. The molecule has 0 aliphatic heterocycles. The maximum atomic E-state index is 13.2. The minimum Gasteiger partial charge on any atom is -0.493 e. The number of alkyl halides is 3. The summed E-state index contributed by atoms with van der Waals surface area (Å²) in [5.74, 6) is 0.0646. The second kappa shape index (κ2) is 11.1. The average molecular weight is 541 g/mol. The number of hydrogen-bond donors (Lipinski definition) is 2. The molecule has 1 amide bonds. The maximum Gasteiger partial charge on any atom is 0.416 e. The Hall–Kier alpha value is -5.07. The van der Waals surface area contributed by atoms with Gasteiger partial charge in [-0.3, -0.25) is 14.0 Å². The zero-order chi connectivity index (χ0) is 28.2. The van der Waals surface area contributed by atoms with Gasteiger partial charge in [-0.25, -0.2) is 10.4 Å². The highest BCUT2D eigenvalue weighted by molar-refractivity contribution is 5.96. The van der Waals surface area contributed by atoms with Crippen LogP contribution in [0.2, 0.25) is 0 Å². The molecule has 202 valence electrons. The molecule has 0 aliphatic carbocycles. The number of amides is 1. The minimum absolute atomic E-state index is 0.0492. The van der Waals surface area contributed by atoms with E-state index in [1.165, 1.54) is 56.2 Å². The Bertz CT molecular complexity index is 1590. The molecule has 0 atom stereocenters. The van der Waals surface area contributed by atoms with Crippen molar-refractivity contribution < 1.29 is 32.2 Å². The minimum atomic E-state index is -4.56. The summed E-state index contributed by atoms with van der Waals surface area (Å²) >= 11 is 0. The fourth-order valence-corrected chi connectivity index (χ4v) is 3.66. The number of rotatable bonds is 8. The number of hydrogen-bond acceptors (Lipinski definition) is 8. The molecule has 39 heavy (non-hydrogen) atoms. The molecule has 10 nitrogen and oxygen atoms in total. The van der Waals surface area contributed by atoms with Gasteiger partial charge in [-0.1, -0.05) is 12.1 Å². The van der Waals surface area contributed by atoms with Crippen molar-refractivity contribution in [2.45, 2.75) is 6.18 Å². The molecular weight excluding hydrogens is 519 g/mol. The van der Waals surface area contributed by atoms with Gasteiger partial charge in [0.25, 0.3) is 11.5 Å². The Kier molecular flexibility index (Phi) is 7.70. The van der Waals surface area contributed by atoms with Gasteiger partial charge in [0, 0.05) is 17.4 Å². The van der Waals surface area contributed by atoms with Crippen molar-refractivity contribution in [3.63, 3.8) is 0 Å². The number of carbonyl (C=O) groups excluding carboxylic acids is 1. The molecule has 2 aromatic heterocycles. The van der Waals surface area contributed by atoms with E-state index in [0.29, 0.717) is 5.75 Å². The molecule has 2 heterocycles. The first-order valence-corrected chi connectivity index (χ1v) is 11.3. The van der Waals surface area contributed by atoms with E-state index in [1.807, 2.05) is 0 Å². The average Bonchev–Trinajstić information content (AvgIpc) is 2.93. The van der Waals surface area contributed by atoms with Gasteiger partial charge in [-0.2, -0.15) is 18.3 Å². The Balaban J connectivity index is 1.68. The molecule has 0 spiro atoms. The second-order valence-corrected chi connectivity index (χ2v) is 7.92. The lowest BCUT2D eigenvalue weighted by Crippen LogP contribution is -2.23. The van der Waals surface area contributed by atoms with E-state index in [4.69, 9.17) is 14.2 Å². The van der Waals surface area contributed by atoms with Crippen molar-refractivity contribution in [1.82, 2.24) is 14.8 Å². The van der Waals surface area contributed by atoms with Crippen LogP contribution in [0, 0.1) is 0 Å². The summed E-state index contributed by atoms with van der Waals surface area (Å²) in [6, 6.07) is 12.1. The van der Waals surface area contributed by atoms with Crippen LogP contribution in [0.1, 0.15) is 21.5 Å². The van der Waals surface area contributed by atoms with Crippen molar-refractivity contribution in [3.05, 3.63) is 87.8 Å². The van der Waals surface area contributed by atoms with Crippen LogP contribution in [-0.4, -0.2) is 42.8 Å². The number of methoxy groups -OCH3 is 3. The van der Waals surface area contributed by atoms with Crippen LogP contribution in [0.15, 0.2) is 70.7 Å². The third kappa shape index (κ3) is 5.76. The van der Waals surface area contributed by atoms with Crippen LogP contribution in [0.25, 0.3) is 5.65 Å². The first-order valence-electron chi connectivity index (χ1n) is 11.3. The molecule has 4 rings (SSSR count). The summed E-state index contributed by atoms with van der Waals surface area (Å²) in [6.07, 6.45) is -2.03. The Morgan fingerprint density at radius 1 is 1.00 bits per heavy atom.